The first kappa shape index (κ1) is 17.9. The van der Waals surface area contributed by atoms with Gasteiger partial charge in [-0.3, -0.25) is 0 Å². The van der Waals surface area contributed by atoms with E-state index in [1.165, 1.54) is 19.3 Å². The van der Waals surface area contributed by atoms with Crippen LogP contribution >= 0.6 is 0 Å². The summed E-state index contributed by atoms with van der Waals surface area (Å²) in [6.45, 7) is 4.95. The van der Waals surface area contributed by atoms with Gasteiger partial charge in [-0.05, 0) is 58.8 Å². The highest BCUT2D eigenvalue weighted by atomic mass is 16.7. The number of hydrogen-bond acceptors (Lipinski definition) is 6. The smallest absolute Gasteiger partial charge is 0.160 e. The van der Waals surface area contributed by atoms with E-state index in [9.17, 15) is 5.11 Å². The quantitative estimate of drug-likeness (QED) is 0.844. The Morgan fingerprint density at radius 2 is 2.07 bits per heavy atom. The summed E-state index contributed by atoms with van der Waals surface area (Å²) >= 11 is 0. The van der Waals surface area contributed by atoms with Crippen LogP contribution in [0.4, 0.5) is 5.69 Å². The number of nitrogens with zero attached hydrogens (tertiary/aromatic N) is 4. The van der Waals surface area contributed by atoms with Gasteiger partial charge in [0.05, 0.1) is 28.6 Å². The third kappa shape index (κ3) is 2.87. The second-order valence-electron chi connectivity index (χ2n) is 8.64. The molecule has 2 saturated carbocycles. The first-order chi connectivity index (χ1) is 13.6. The highest BCUT2D eigenvalue weighted by molar-refractivity contribution is 6.11. The van der Waals surface area contributed by atoms with Crippen molar-refractivity contribution in [2.75, 3.05) is 5.32 Å². The molecule has 2 aromatic rings. The summed E-state index contributed by atoms with van der Waals surface area (Å²) in [6.07, 6.45) is 9.50. The van der Waals surface area contributed by atoms with E-state index in [-0.39, 0.29) is 11.7 Å². The maximum absolute atomic E-state index is 9.86. The van der Waals surface area contributed by atoms with Crippen molar-refractivity contribution in [2.24, 2.45) is 5.16 Å². The molecule has 2 fully saturated rings. The minimum atomic E-state index is -0.250. The van der Waals surface area contributed by atoms with Gasteiger partial charge in [0, 0.05) is 30.8 Å². The second kappa shape index (κ2) is 6.72. The van der Waals surface area contributed by atoms with Crippen molar-refractivity contribution in [3.63, 3.8) is 0 Å². The number of rotatable bonds is 4. The Morgan fingerprint density at radius 3 is 2.75 bits per heavy atom. The first-order valence-electron chi connectivity index (χ1n) is 10.6. The summed E-state index contributed by atoms with van der Waals surface area (Å²) in [7, 11) is 0. The summed E-state index contributed by atoms with van der Waals surface area (Å²) in [5, 5.41) is 23.9. The molecule has 150 valence electrons. The molecule has 0 bridgehead atoms. The Bertz CT molecular complexity index is 923. The van der Waals surface area contributed by atoms with Crippen molar-refractivity contribution >= 4 is 22.4 Å². The summed E-state index contributed by atoms with van der Waals surface area (Å²) in [5.74, 6) is 0. The van der Waals surface area contributed by atoms with Gasteiger partial charge in [-0.2, -0.15) is 5.10 Å². The molecule has 0 aromatic carbocycles. The summed E-state index contributed by atoms with van der Waals surface area (Å²) in [6, 6.07) is 0.510. The summed E-state index contributed by atoms with van der Waals surface area (Å²) in [5.41, 5.74) is 4.81. The predicted octanol–water partition coefficient (Wildman–Crippen LogP) is 3.52. The standard InChI is InChI=1S/C21H29N5O2/c1-3-26-20-18(13(2)24-26)19(23-14-5-4-6-14)16(12-22-20)17-11-21(28-25-17)9-7-15(27)8-10-21/h12,14-15,27H,3-11H2,1-2H3,(H,22,23). The van der Waals surface area contributed by atoms with E-state index in [1.807, 2.05) is 10.9 Å². The average Bonchev–Trinajstić information content (AvgIpc) is 3.22. The monoisotopic (exact) mass is 383 g/mol. The fourth-order valence-corrected chi connectivity index (χ4v) is 4.73. The Labute approximate surface area is 165 Å². The van der Waals surface area contributed by atoms with Gasteiger partial charge in [0.25, 0.3) is 0 Å². The van der Waals surface area contributed by atoms with E-state index in [2.05, 4.69) is 24.3 Å². The van der Waals surface area contributed by atoms with Crippen molar-refractivity contribution < 1.29 is 9.94 Å². The Hall–Kier alpha value is -2.15. The SMILES string of the molecule is CCn1nc(C)c2c(NC3CCC3)c(C3=NOC4(CCC(O)CC4)C3)cnc21. The largest absolute Gasteiger partial charge is 0.393 e. The van der Waals surface area contributed by atoms with Crippen molar-refractivity contribution in [2.45, 2.75) is 89.5 Å². The van der Waals surface area contributed by atoms with E-state index >= 15 is 0 Å². The van der Waals surface area contributed by atoms with Gasteiger partial charge in [0.2, 0.25) is 0 Å². The van der Waals surface area contributed by atoms with E-state index in [1.54, 1.807) is 0 Å². The molecule has 3 aliphatic rings. The Kier molecular flexibility index (Phi) is 4.30. The summed E-state index contributed by atoms with van der Waals surface area (Å²) < 4.78 is 1.97. The minimum absolute atomic E-state index is 0.199. The maximum Gasteiger partial charge on any atom is 0.160 e. The molecule has 5 rings (SSSR count). The highest BCUT2D eigenvalue weighted by Gasteiger charge is 2.43. The number of aromatic nitrogens is 3. The molecule has 0 amide bonds. The lowest BCUT2D eigenvalue weighted by Crippen LogP contribution is -2.36. The molecule has 0 atom stereocenters. The number of aryl methyl sites for hydroxylation is 2. The molecule has 0 saturated heterocycles. The minimum Gasteiger partial charge on any atom is -0.393 e. The van der Waals surface area contributed by atoms with Gasteiger partial charge >= 0.3 is 0 Å². The average molecular weight is 383 g/mol. The molecule has 2 aliphatic carbocycles. The topological polar surface area (TPSA) is 84.6 Å². The van der Waals surface area contributed by atoms with Gasteiger partial charge in [-0.1, -0.05) is 5.16 Å². The fourth-order valence-electron chi connectivity index (χ4n) is 4.73. The van der Waals surface area contributed by atoms with Crippen LogP contribution in [0.25, 0.3) is 11.0 Å². The second-order valence-corrected chi connectivity index (χ2v) is 8.64. The van der Waals surface area contributed by atoms with Crippen LogP contribution in [-0.4, -0.2) is 43.3 Å². The Balaban J connectivity index is 1.53. The third-order valence-electron chi connectivity index (χ3n) is 6.71. The molecular weight excluding hydrogens is 354 g/mol. The van der Waals surface area contributed by atoms with Crippen molar-refractivity contribution in [1.29, 1.82) is 0 Å². The van der Waals surface area contributed by atoms with E-state index in [0.717, 1.165) is 72.3 Å². The lowest BCUT2D eigenvalue weighted by atomic mass is 9.79. The van der Waals surface area contributed by atoms with E-state index in [0.29, 0.717) is 6.04 Å². The zero-order chi connectivity index (χ0) is 19.3. The molecule has 2 N–H and O–H groups in total. The van der Waals surface area contributed by atoms with Crippen molar-refractivity contribution in [3.8, 4) is 0 Å². The van der Waals surface area contributed by atoms with E-state index in [4.69, 9.17) is 14.9 Å². The Morgan fingerprint density at radius 1 is 1.29 bits per heavy atom. The number of aliphatic hydroxyl groups is 1. The molecule has 3 heterocycles. The molecule has 7 heteroatoms. The van der Waals surface area contributed by atoms with Crippen LogP contribution in [0.15, 0.2) is 11.4 Å². The number of pyridine rings is 1. The molecule has 2 aromatic heterocycles. The molecule has 0 radical (unpaired) electrons. The number of oxime groups is 1. The van der Waals surface area contributed by atoms with Crippen LogP contribution in [-0.2, 0) is 11.4 Å². The zero-order valence-corrected chi connectivity index (χ0v) is 16.7. The van der Waals surface area contributed by atoms with Gasteiger partial charge < -0.3 is 15.3 Å². The van der Waals surface area contributed by atoms with Crippen LogP contribution in [0.1, 0.15) is 69.5 Å². The molecular formula is C21H29N5O2. The fraction of sp³-hybridized carbons (Fsp3) is 0.667. The number of aliphatic hydroxyl groups excluding tert-OH is 1. The maximum atomic E-state index is 9.86. The number of fused-ring (bicyclic) bond motifs is 1. The summed E-state index contributed by atoms with van der Waals surface area (Å²) in [4.78, 5) is 10.7. The van der Waals surface area contributed by atoms with Gasteiger partial charge in [-0.25, -0.2) is 9.67 Å². The zero-order valence-electron chi connectivity index (χ0n) is 16.7. The molecule has 1 spiro atoms. The van der Waals surface area contributed by atoms with Crippen LogP contribution in [0.5, 0.6) is 0 Å². The van der Waals surface area contributed by atoms with Crippen LogP contribution in [0.3, 0.4) is 0 Å². The molecule has 1 aliphatic heterocycles. The van der Waals surface area contributed by atoms with Gasteiger partial charge in [-0.15, -0.1) is 0 Å². The van der Waals surface area contributed by atoms with Gasteiger partial charge in [0.1, 0.15) is 5.60 Å². The molecule has 28 heavy (non-hydrogen) atoms. The lowest BCUT2D eigenvalue weighted by molar-refractivity contribution is -0.0676. The third-order valence-corrected chi connectivity index (χ3v) is 6.71. The van der Waals surface area contributed by atoms with Gasteiger partial charge in [0.15, 0.2) is 5.65 Å². The number of nitrogens with one attached hydrogen (secondary N) is 1. The first-order valence-corrected chi connectivity index (χ1v) is 10.6. The lowest BCUT2D eigenvalue weighted by Gasteiger charge is -2.33. The number of hydrogen-bond donors (Lipinski definition) is 2. The highest BCUT2D eigenvalue weighted by Crippen LogP contribution is 2.42. The van der Waals surface area contributed by atoms with Crippen LogP contribution < -0.4 is 5.32 Å². The van der Waals surface area contributed by atoms with Crippen molar-refractivity contribution in [1.82, 2.24) is 14.8 Å². The van der Waals surface area contributed by atoms with Crippen LogP contribution in [0.2, 0.25) is 0 Å². The predicted molar refractivity (Wildman–Crippen MR) is 109 cm³/mol. The normalized spacial score (nSPS) is 27.7. The molecule has 7 nitrogen and oxygen atoms in total. The van der Waals surface area contributed by atoms with Crippen molar-refractivity contribution in [3.05, 3.63) is 17.5 Å². The molecule has 0 unspecified atom stereocenters. The number of anilines is 1. The van der Waals surface area contributed by atoms with Crippen LogP contribution in [0, 0.1) is 6.92 Å². The van der Waals surface area contributed by atoms with E-state index < -0.39 is 0 Å².